The van der Waals surface area contributed by atoms with Gasteiger partial charge in [0.2, 0.25) is 0 Å². The first-order valence-corrected chi connectivity index (χ1v) is 8.13. The van der Waals surface area contributed by atoms with Gasteiger partial charge in [-0.15, -0.1) is 0 Å². The molecule has 0 fully saturated rings. The van der Waals surface area contributed by atoms with E-state index in [0.717, 1.165) is 4.90 Å². The van der Waals surface area contributed by atoms with Crippen LogP contribution >= 0.6 is 23.2 Å². The lowest BCUT2D eigenvalue weighted by Gasteiger charge is -2.15. The minimum atomic E-state index is -0.863. The summed E-state index contributed by atoms with van der Waals surface area (Å²) >= 11 is 11.9. The number of anilines is 1. The average molecular weight is 394 g/mol. The van der Waals surface area contributed by atoms with Crippen LogP contribution in [0.5, 0.6) is 11.5 Å². The van der Waals surface area contributed by atoms with Crippen LogP contribution in [0.4, 0.5) is 5.69 Å². The highest BCUT2D eigenvalue weighted by Gasteiger charge is 2.40. The van der Waals surface area contributed by atoms with E-state index in [-0.39, 0.29) is 21.3 Å². The number of aliphatic hydroxyl groups excluding tert-OH is 1. The number of imide groups is 1. The van der Waals surface area contributed by atoms with Gasteiger partial charge in [-0.25, -0.2) is 4.90 Å². The predicted molar refractivity (Wildman–Crippen MR) is 98.0 cm³/mol. The molecule has 1 heterocycles. The first-order chi connectivity index (χ1) is 12.4. The van der Waals surface area contributed by atoms with Crippen molar-refractivity contribution in [3.05, 3.63) is 57.8 Å². The summed E-state index contributed by atoms with van der Waals surface area (Å²) in [5.41, 5.74) is 0.334. The van der Waals surface area contributed by atoms with Crippen molar-refractivity contribution in [2.75, 3.05) is 19.1 Å². The van der Waals surface area contributed by atoms with Crippen LogP contribution in [0.2, 0.25) is 10.0 Å². The van der Waals surface area contributed by atoms with Crippen molar-refractivity contribution in [3.8, 4) is 11.5 Å². The fourth-order valence-corrected chi connectivity index (χ4v) is 3.19. The largest absolute Gasteiger partial charge is 0.502 e. The molecule has 0 radical (unpaired) electrons. The third-order valence-corrected chi connectivity index (χ3v) is 4.27. The second-order valence-corrected chi connectivity index (χ2v) is 6.24. The Labute approximate surface area is 159 Å². The molecule has 1 N–H and O–H groups in total. The van der Waals surface area contributed by atoms with Gasteiger partial charge in [0, 0.05) is 10.0 Å². The molecule has 0 spiro atoms. The minimum Gasteiger partial charge on any atom is -0.502 e. The molecular weight excluding hydrogens is 381 g/mol. The summed E-state index contributed by atoms with van der Waals surface area (Å²) in [5, 5.41) is 10.8. The number of ether oxygens (including phenoxy) is 2. The quantitative estimate of drug-likeness (QED) is 0.798. The highest BCUT2D eigenvalue weighted by atomic mass is 35.5. The zero-order valence-electron chi connectivity index (χ0n) is 13.7. The summed E-state index contributed by atoms with van der Waals surface area (Å²) in [6, 6.07) is 8.92. The van der Waals surface area contributed by atoms with Crippen LogP contribution in [-0.2, 0) is 9.59 Å². The molecule has 0 bridgehead atoms. The Balaban J connectivity index is 2.07. The summed E-state index contributed by atoms with van der Waals surface area (Å²) in [5.74, 6) is -1.42. The number of rotatable bonds is 4. The molecule has 8 heteroatoms. The lowest BCUT2D eigenvalue weighted by atomic mass is 10.0. The Morgan fingerprint density at radius 1 is 0.885 bits per heavy atom. The van der Waals surface area contributed by atoms with Crippen molar-refractivity contribution in [3.63, 3.8) is 0 Å². The molecule has 0 aliphatic carbocycles. The number of methoxy groups -OCH3 is 2. The number of halogens is 2. The van der Waals surface area contributed by atoms with Crippen molar-refractivity contribution in [2.45, 2.75) is 0 Å². The molecule has 2 aromatic carbocycles. The molecule has 0 atom stereocenters. The topological polar surface area (TPSA) is 76.1 Å². The average Bonchev–Trinajstić information content (AvgIpc) is 2.82. The first-order valence-electron chi connectivity index (χ1n) is 7.38. The number of carbonyl (C=O) groups is 2. The SMILES string of the molecule is COc1ccc(C2=C(O)C(=O)N(c3cc(Cl)cc(Cl)c3)C2=O)cc1OC. The van der Waals surface area contributed by atoms with Crippen molar-refractivity contribution in [1.82, 2.24) is 0 Å². The maximum Gasteiger partial charge on any atom is 0.301 e. The molecule has 6 nitrogen and oxygen atoms in total. The third-order valence-electron chi connectivity index (χ3n) is 3.84. The van der Waals surface area contributed by atoms with Crippen LogP contribution in [0.15, 0.2) is 42.2 Å². The highest BCUT2D eigenvalue weighted by Crippen LogP contribution is 2.37. The second kappa shape index (κ2) is 6.90. The van der Waals surface area contributed by atoms with E-state index in [4.69, 9.17) is 32.7 Å². The van der Waals surface area contributed by atoms with Crippen LogP contribution in [0.3, 0.4) is 0 Å². The van der Waals surface area contributed by atoms with Gasteiger partial charge in [-0.2, -0.15) is 0 Å². The Morgan fingerprint density at radius 2 is 1.50 bits per heavy atom. The Bertz CT molecular complexity index is 934. The number of carbonyl (C=O) groups excluding carboxylic acids is 2. The van der Waals surface area contributed by atoms with E-state index in [1.54, 1.807) is 12.1 Å². The zero-order valence-corrected chi connectivity index (χ0v) is 15.3. The van der Waals surface area contributed by atoms with E-state index < -0.39 is 17.6 Å². The maximum absolute atomic E-state index is 12.8. The lowest BCUT2D eigenvalue weighted by Crippen LogP contribution is -2.31. The summed E-state index contributed by atoms with van der Waals surface area (Å²) < 4.78 is 10.4. The van der Waals surface area contributed by atoms with Crippen LogP contribution < -0.4 is 14.4 Å². The molecular formula is C18H13Cl2NO5. The van der Waals surface area contributed by atoms with Crippen molar-refractivity contribution < 1.29 is 24.2 Å². The summed E-state index contributed by atoms with van der Waals surface area (Å²) in [4.78, 5) is 26.1. The van der Waals surface area contributed by atoms with E-state index in [1.165, 1.54) is 38.5 Å². The van der Waals surface area contributed by atoms with Gasteiger partial charge in [0.15, 0.2) is 17.3 Å². The fourth-order valence-electron chi connectivity index (χ4n) is 2.67. The first kappa shape index (κ1) is 18.1. The lowest BCUT2D eigenvalue weighted by molar-refractivity contribution is -0.121. The van der Waals surface area contributed by atoms with E-state index >= 15 is 0 Å². The van der Waals surface area contributed by atoms with Crippen molar-refractivity contribution in [1.29, 1.82) is 0 Å². The van der Waals surface area contributed by atoms with Gasteiger partial charge in [-0.05, 0) is 35.9 Å². The van der Waals surface area contributed by atoms with Crippen molar-refractivity contribution in [2.24, 2.45) is 0 Å². The summed E-state index contributed by atoms with van der Waals surface area (Å²) in [6.07, 6.45) is 0. The zero-order chi connectivity index (χ0) is 19.0. The van der Waals surface area contributed by atoms with Gasteiger partial charge >= 0.3 is 5.91 Å². The van der Waals surface area contributed by atoms with Crippen LogP contribution in [0.25, 0.3) is 5.57 Å². The van der Waals surface area contributed by atoms with E-state index in [2.05, 4.69) is 0 Å². The molecule has 1 aliphatic rings. The predicted octanol–water partition coefficient (Wildman–Crippen LogP) is 3.85. The standard InChI is InChI=1S/C18H13Cl2NO5/c1-25-13-4-3-9(5-14(13)26-2)15-16(22)18(24)21(17(15)23)12-7-10(19)6-11(20)8-12/h3-8,22H,1-2H3. The van der Waals surface area contributed by atoms with Gasteiger partial charge in [0.05, 0.1) is 25.5 Å². The van der Waals surface area contributed by atoms with E-state index in [9.17, 15) is 14.7 Å². The second-order valence-electron chi connectivity index (χ2n) is 5.37. The van der Waals surface area contributed by atoms with Crippen molar-refractivity contribution >= 4 is 46.3 Å². The molecule has 0 aromatic heterocycles. The monoisotopic (exact) mass is 393 g/mol. The molecule has 0 saturated carbocycles. The van der Waals surface area contributed by atoms with Crippen LogP contribution in [0.1, 0.15) is 5.56 Å². The Hall–Kier alpha value is -2.70. The van der Waals surface area contributed by atoms with Crippen LogP contribution in [0, 0.1) is 0 Å². The van der Waals surface area contributed by atoms with Crippen LogP contribution in [-0.4, -0.2) is 31.1 Å². The molecule has 0 unspecified atom stereocenters. The number of benzene rings is 2. The summed E-state index contributed by atoms with van der Waals surface area (Å²) in [6.45, 7) is 0. The minimum absolute atomic E-state index is 0.146. The molecule has 2 amide bonds. The number of hydrogen-bond donors (Lipinski definition) is 1. The number of amides is 2. The highest BCUT2D eigenvalue weighted by molar-refractivity contribution is 6.45. The molecule has 0 saturated heterocycles. The number of aliphatic hydroxyl groups is 1. The number of nitrogens with zero attached hydrogens (tertiary/aromatic N) is 1. The molecule has 2 aromatic rings. The molecule has 134 valence electrons. The Morgan fingerprint density at radius 3 is 2.08 bits per heavy atom. The summed E-state index contributed by atoms with van der Waals surface area (Å²) in [7, 11) is 2.92. The van der Waals surface area contributed by atoms with Gasteiger partial charge in [0.25, 0.3) is 5.91 Å². The molecule has 3 rings (SSSR count). The number of hydrogen-bond acceptors (Lipinski definition) is 5. The Kier molecular flexibility index (Phi) is 4.80. The van der Waals surface area contributed by atoms with Gasteiger partial charge in [-0.3, -0.25) is 9.59 Å². The van der Waals surface area contributed by atoms with Gasteiger partial charge in [0.1, 0.15) is 0 Å². The van der Waals surface area contributed by atoms with Gasteiger partial charge in [-0.1, -0.05) is 29.3 Å². The smallest absolute Gasteiger partial charge is 0.301 e. The van der Waals surface area contributed by atoms with Gasteiger partial charge < -0.3 is 14.6 Å². The fraction of sp³-hybridized carbons (Fsp3) is 0.111. The van der Waals surface area contributed by atoms with E-state index in [0.29, 0.717) is 17.1 Å². The third kappa shape index (κ3) is 2.98. The maximum atomic E-state index is 12.8. The molecule has 26 heavy (non-hydrogen) atoms. The normalized spacial score (nSPS) is 14.2. The molecule has 1 aliphatic heterocycles. The van der Waals surface area contributed by atoms with E-state index in [1.807, 2.05) is 0 Å².